The number of nitrogen functional groups attached to an aromatic ring is 1. The van der Waals surface area contributed by atoms with Crippen LogP contribution in [-0.4, -0.2) is 0 Å². The van der Waals surface area contributed by atoms with Crippen LogP contribution in [0.4, 0.5) is 33.3 Å². The van der Waals surface area contributed by atoms with Crippen molar-refractivity contribution in [1.29, 1.82) is 0 Å². The molecule has 0 aliphatic rings. The second-order valence-corrected chi connectivity index (χ2v) is 4.39. The van der Waals surface area contributed by atoms with E-state index >= 15 is 0 Å². The van der Waals surface area contributed by atoms with Gasteiger partial charge < -0.3 is 11.1 Å². The number of rotatable bonds is 3. The van der Waals surface area contributed by atoms with E-state index in [1.54, 1.807) is 0 Å². The molecule has 0 heterocycles. The minimum Gasteiger partial charge on any atom is -0.397 e. The number of nitrogens with two attached hydrogens (primary N) is 1. The first-order chi connectivity index (χ1) is 9.77. The second kappa shape index (κ2) is 5.59. The van der Waals surface area contributed by atoms with Gasteiger partial charge in [0.2, 0.25) is 0 Å². The van der Waals surface area contributed by atoms with E-state index in [1.807, 2.05) is 0 Å². The number of alkyl halides is 3. The summed E-state index contributed by atoms with van der Waals surface area (Å²) in [5.41, 5.74) is 4.98. The van der Waals surface area contributed by atoms with Crippen molar-refractivity contribution >= 4 is 11.4 Å². The van der Waals surface area contributed by atoms with Crippen LogP contribution in [0.15, 0.2) is 36.4 Å². The zero-order chi connectivity index (χ0) is 15.6. The third-order valence-corrected chi connectivity index (χ3v) is 2.86. The van der Waals surface area contributed by atoms with E-state index in [0.717, 1.165) is 24.3 Å². The highest BCUT2D eigenvalue weighted by atomic mass is 19.4. The molecule has 2 aromatic carbocycles. The molecule has 0 radical (unpaired) electrons. The summed E-state index contributed by atoms with van der Waals surface area (Å²) in [5.74, 6) is -1.45. The van der Waals surface area contributed by atoms with Gasteiger partial charge in [0.15, 0.2) is 0 Å². The van der Waals surface area contributed by atoms with Gasteiger partial charge in [-0.2, -0.15) is 13.2 Å². The molecule has 0 spiro atoms. The van der Waals surface area contributed by atoms with Gasteiger partial charge in [0.05, 0.1) is 16.9 Å². The summed E-state index contributed by atoms with van der Waals surface area (Å²) < 4.78 is 63.6. The molecule has 0 atom stereocenters. The predicted molar refractivity (Wildman–Crippen MR) is 69.5 cm³/mol. The molecule has 0 bridgehead atoms. The smallest absolute Gasteiger partial charge is 0.397 e. The van der Waals surface area contributed by atoms with Crippen LogP contribution < -0.4 is 11.1 Å². The van der Waals surface area contributed by atoms with Crippen molar-refractivity contribution in [3.05, 3.63) is 59.2 Å². The van der Waals surface area contributed by atoms with Gasteiger partial charge in [0, 0.05) is 18.2 Å². The Morgan fingerprint density at radius 1 is 1.00 bits per heavy atom. The lowest BCUT2D eigenvalue weighted by molar-refractivity contribution is -0.137. The van der Waals surface area contributed by atoms with Gasteiger partial charge in [-0.05, 0) is 24.3 Å². The third kappa shape index (κ3) is 3.62. The Morgan fingerprint density at radius 2 is 1.71 bits per heavy atom. The summed E-state index contributed by atoms with van der Waals surface area (Å²) in [6.45, 7) is -0.0261. The topological polar surface area (TPSA) is 38.0 Å². The lowest BCUT2D eigenvalue weighted by Gasteiger charge is -2.13. The fourth-order valence-corrected chi connectivity index (χ4v) is 1.76. The number of anilines is 2. The molecule has 2 rings (SSSR count). The SMILES string of the molecule is Nc1cc(C(F)(F)F)ccc1NCc1ccc(F)cc1F. The minimum atomic E-state index is -4.48. The molecular formula is C14H11F5N2. The Labute approximate surface area is 117 Å². The maximum atomic E-state index is 13.4. The van der Waals surface area contributed by atoms with Gasteiger partial charge in [-0.3, -0.25) is 0 Å². The monoisotopic (exact) mass is 302 g/mol. The van der Waals surface area contributed by atoms with Crippen LogP contribution in [-0.2, 0) is 12.7 Å². The van der Waals surface area contributed by atoms with Gasteiger partial charge in [0.25, 0.3) is 0 Å². The largest absolute Gasteiger partial charge is 0.416 e. The van der Waals surface area contributed by atoms with Crippen LogP contribution in [0.25, 0.3) is 0 Å². The lowest BCUT2D eigenvalue weighted by Crippen LogP contribution is -2.08. The fourth-order valence-electron chi connectivity index (χ4n) is 1.76. The summed E-state index contributed by atoms with van der Waals surface area (Å²) in [5, 5.41) is 2.71. The molecule has 0 aliphatic heterocycles. The Kier molecular flexibility index (Phi) is 4.02. The molecule has 0 saturated carbocycles. The molecule has 21 heavy (non-hydrogen) atoms. The van der Waals surface area contributed by atoms with Crippen molar-refractivity contribution in [2.45, 2.75) is 12.7 Å². The zero-order valence-corrected chi connectivity index (χ0v) is 10.6. The molecule has 0 aliphatic carbocycles. The summed E-state index contributed by atoms with van der Waals surface area (Å²) >= 11 is 0. The first kappa shape index (κ1) is 15.1. The molecule has 2 aromatic rings. The maximum absolute atomic E-state index is 13.4. The highest BCUT2D eigenvalue weighted by molar-refractivity contribution is 5.67. The quantitative estimate of drug-likeness (QED) is 0.659. The van der Waals surface area contributed by atoms with E-state index in [2.05, 4.69) is 5.32 Å². The second-order valence-electron chi connectivity index (χ2n) is 4.39. The van der Waals surface area contributed by atoms with Crippen molar-refractivity contribution < 1.29 is 22.0 Å². The minimum absolute atomic E-state index is 0.0261. The third-order valence-electron chi connectivity index (χ3n) is 2.86. The summed E-state index contributed by atoms with van der Waals surface area (Å²) in [6.07, 6.45) is -4.48. The first-order valence-corrected chi connectivity index (χ1v) is 5.92. The molecule has 0 aromatic heterocycles. The Bertz CT molecular complexity index is 652. The van der Waals surface area contributed by atoms with Crippen molar-refractivity contribution in [2.24, 2.45) is 0 Å². The average Bonchev–Trinajstić information content (AvgIpc) is 2.38. The Balaban J connectivity index is 2.13. The fraction of sp³-hybridized carbons (Fsp3) is 0.143. The van der Waals surface area contributed by atoms with E-state index in [1.165, 1.54) is 12.1 Å². The highest BCUT2D eigenvalue weighted by Crippen LogP contribution is 2.32. The lowest BCUT2D eigenvalue weighted by atomic mass is 10.1. The van der Waals surface area contributed by atoms with Gasteiger partial charge in [-0.25, -0.2) is 8.78 Å². The molecular weight excluding hydrogens is 291 g/mol. The molecule has 0 unspecified atom stereocenters. The normalized spacial score (nSPS) is 11.5. The molecule has 112 valence electrons. The molecule has 3 N–H and O–H groups in total. The van der Waals surface area contributed by atoms with Crippen LogP contribution in [0.3, 0.4) is 0 Å². The van der Waals surface area contributed by atoms with Crippen LogP contribution in [0.1, 0.15) is 11.1 Å². The summed E-state index contributed by atoms with van der Waals surface area (Å²) in [7, 11) is 0. The number of benzene rings is 2. The maximum Gasteiger partial charge on any atom is 0.416 e. The molecule has 0 amide bonds. The Morgan fingerprint density at radius 3 is 2.29 bits per heavy atom. The molecule has 0 saturated heterocycles. The van der Waals surface area contributed by atoms with E-state index < -0.39 is 23.4 Å². The number of hydrogen-bond acceptors (Lipinski definition) is 2. The van der Waals surface area contributed by atoms with Gasteiger partial charge in [-0.1, -0.05) is 6.07 Å². The highest BCUT2D eigenvalue weighted by Gasteiger charge is 2.30. The summed E-state index contributed by atoms with van der Waals surface area (Å²) in [6, 6.07) is 5.91. The molecule has 7 heteroatoms. The van der Waals surface area contributed by atoms with Crippen molar-refractivity contribution in [3.63, 3.8) is 0 Å². The van der Waals surface area contributed by atoms with Crippen LogP contribution in [0.5, 0.6) is 0 Å². The Hall–Kier alpha value is -2.31. The van der Waals surface area contributed by atoms with Crippen molar-refractivity contribution in [1.82, 2.24) is 0 Å². The van der Waals surface area contributed by atoms with Crippen LogP contribution >= 0.6 is 0 Å². The average molecular weight is 302 g/mol. The van der Waals surface area contributed by atoms with Gasteiger partial charge >= 0.3 is 6.18 Å². The number of halogens is 5. The standard InChI is InChI=1S/C14H11F5N2/c15-10-3-1-8(11(16)6-10)7-21-13-4-2-9(5-12(13)20)14(17,18)19/h1-6,21H,7,20H2. The van der Waals surface area contributed by atoms with Gasteiger partial charge in [0.1, 0.15) is 11.6 Å². The van der Waals surface area contributed by atoms with Gasteiger partial charge in [-0.15, -0.1) is 0 Å². The van der Waals surface area contributed by atoms with E-state index in [0.29, 0.717) is 0 Å². The molecule has 0 fully saturated rings. The number of nitrogens with one attached hydrogen (secondary N) is 1. The van der Waals surface area contributed by atoms with Crippen LogP contribution in [0, 0.1) is 11.6 Å². The number of hydrogen-bond donors (Lipinski definition) is 2. The van der Waals surface area contributed by atoms with E-state index in [4.69, 9.17) is 5.73 Å². The molecule has 2 nitrogen and oxygen atoms in total. The first-order valence-electron chi connectivity index (χ1n) is 5.92. The zero-order valence-electron chi connectivity index (χ0n) is 10.6. The van der Waals surface area contributed by atoms with E-state index in [-0.39, 0.29) is 23.5 Å². The summed E-state index contributed by atoms with van der Waals surface area (Å²) in [4.78, 5) is 0. The van der Waals surface area contributed by atoms with Crippen LogP contribution in [0.2, 0.25) is 0 Å². The van der Waals surface area contributed by atoms with Crippen molar-refractivity contribution in [3.8, 4) is 0 Å². The predicted octanol–water partition coefficient (Wildman–Crippen LogP) is 4.18. The van der Waals surface area contributed by atoms with Crippen molar-refractivity contribution in [2.75, 3.05) is 11.1 Å². The van der Waals surface area contributed by atoms with E-state index in [9.17, 15) is 22.0 Å².